The van der Waals surface area contributed by atoms with E-state index in [0.717, 1.165) is 14.5 Å². The third-order valence-corrected chi connectivity index (χ3v) is 2.81. The van der Waals surface area contributed by atoms with Gasteiger partial charge < -0.3 is 4.57 Å². The highest BCUT2D eigenvalue weighted by atomic mass is 32.4. The summed E-state index contributed by atoms with van der Waals surface area (Å²) in [6, 6.07) is 0. The van der Waals surface area contributed by atoms with Gasteiger partial charge in [-0.15, -0.1) is 11.2 Å². The van der Waals surface area contributed by atoms with E-state index in [1.165, 1.54) is 0 Å². The zero-order chi connectivity index (χ0) is 5.98. The second-order valence-corrected chi connectivity index (χ2v) is 3.52. The van der Waals surface area contributed by atoms with Gasteiger partial charge in [-0.05, 0) is 0 Å². The third kappa shape index (κ3) is 0.950. The van der Waals surface area contributed by atoms with Crippen LogP contribution >= 0.6 is 11.2 Å². The Hall–Kier alpha value is -0.223. The molecule has 1 aromatic heterocycles. The third-order valence-electron chi connectivity index (χ3n) is 0.960. The van der Waals surface area contributed by atoms with Gasteiger partial charge in [-0.2, -0.15) is 0 Å². The van der Waals surface area contributed by atoms with Crippen molar-refractivity contribution in [2.24, 2.45) is 7.05 Å². The van der Waals surface area contributed by atoms with Crippen molar-refractivity contribution >= 4 is 20.6 Å². The molecule has 0 aliphatic rings. The monoisotopic (exact) mass is 144 g/mol. The molecule has 1 aromatic rings. The maximum atomic E-state index is 4.09. The van der Waals surface area contributed by atoms with Gasteiger partial charge in [0, 0.05) is 19.4 Å². The first-order valence-corrected chi connectivity index (χ1v) is 6.03. The molecule has 2 nitrogen and oxygen atoms in total. The average Bonchev–Trinajstić information content (AvgIpc) is 2.14. The Balaban J connectivity index is 2.92. The van der Waals surface area contributed by atoms with E-state index in [-0.39, 0.29) is 0 Å². The Labute approximate surface area is 55.4 Å². The molecule has 0 N–H and O–H groups in total. The minimum atomic E-state index is 1.12. The zero-order valence-electron chi connectivity index (χ0n) is 4.96. The van der Waals surface area contributed by atoms with Crippen molar-refractivity contribution in [1.82, 2.24) is 9.55 Å². The molecule has 0 aliphatic carbocycles. The molecule has 44 valence electrons. The maximum Gasteiger partial charge on any atom is 0.160 e. The van der Waals surface area contributed by atoms with Crippen LogP contribution in [0.5, 0.6) is 0 Å². The van der Waals surface area contributed by atoms with Crippen molar-refractivity contribution in [3.63, 3.8) is 0 Å². The Morgan fingerprint density at radius 2 is 2.62 bits per heavy atom. The Kier molecular flexibility index (Phi) is 1.75. The molecule has 0 amide bonds. The first-order chi connectivity index (χ1) is 3.84. The van der Waals surface area contributed by atoms with Gasteiger partial charge in [-0.25, -0.2) is 4.98 Å². The van der Waals surface area contributed by atoms with Crippen molar-refractivity contribution < 1.29 is 0 Å². The summed E-state index contributed by atoms with van der Waals surface area (Å²) in [6.07, 6.45) is 3.78. The van der Waals surface area contributed by atoms with Crippen LogP contribution in [0.25, 0.3) is 0 Å². The lowest BCUT2D eigenvalue weighted by atomic mass is 10.9. The number of hydrogen-bond acceptors (Lipinski definition) is 2. The minimum absolute atomic E-state index is 1.12. The quantitative estimate of drug-likeness (QED) is 0.508. The van der Waals surface area contributed by atoms with E-state index in [9.17, 15) is 0 Å². The molecular weight excluding hydrogens is 136 g/mol. The first-order valence-electron chi connectivity index (χ1n) is 2.36. The van der Waals surface area contributed by atoms with Crippen molar-refractivity contribution in [2.75, 3.05) is 0 Å². The molecule has 0 aliphatic heterocycles. The van der Waals surface area contributed by atoms with E-state index in [1.54, 1.807) is 11.2 Å². The van der Waals surface area contributed by atoms with Crippen LogP contribution in [-0.4, -0.2) is 18.9 Å². The van der Waals surface area contributed by atoms with Gasteiger partial charge in [-0.3, -0.25) is 0 Å². The molecule has 1 rings (SSSR count). The van der Waals surface area contributed by atoms with Gasteiger partial charge in [0.1, 0.15) is 0 Å². The highest BCUT2D eigenvalue weighted by molar-refractivity contribution is 8.19. The SMILES string of the molecule is Cn1ccnc1S[SiH3]. The standard InChI is InChI=1S/C4H8N2SSi/c1-6-3-2-5-4(6)7-8/h2-3H,1,8H3. The summed E-state index contributed by atoms with van der Waals surface area (Å²) in [6.45, 7) is 0. The van der Waals surface area contributed by atoms with Crippen LogP contribution in [0.1, 0.15) is 0 Å². The number of imidazole rings is 1. The van der Waals surface area contributed by atoms with Gasteiger partial charge in [0.15, 0.2) is 5.16 Å². The Morgan fingerprint density at radius 1 is 1.88 bits per heavy atom. The molecule has 0 radical (unpaired) electrons. The minimum Gasteiger partial charge on any atom is -0.330 e. The van der Waals surface area contributed by atoms with E-state index in [4.69, 9.17) is 0 Å². The van der Waals surface area contributed by atoms with Crippen LogP contribution in [0.2, 0.25) is 0 Å². The smallest absolute Gasteiger partial charge is 0.160 e. The van der Waals surface area contributed by atoms with E-state index >= 15 is 0 Å². The Morgan fingerprint density at radius 3 is 2.88 bits per heavy atom. The molecular formula is C4H8N2SSi. The lowest BCUT2D eigenvalue weighted by molar-refractivity contribution is 0.793. The Bertz CT molecular complexity index is 174. The van der Waals surface area contributed by atoms with E-state index in [0.29, 0.717) is 0 Å². The summed E-state index contributed by atoms with van der Waals surface area (Å²) in [7, 11) is 3.13. The van der Waals surface area contributed by atoms with Crippen LogP contribution in [0.4, 0.5) is 0 Å². The van der Waals surface area contributed by atoms with Gasteiger partial charge in [0.25, 0.3) is 0 Å². The lowest BCUT2D eigenvalue weighted by Gasteiger charge is -1.92. The summed E-state index contributed by atoms with van der Waals surface area (Å²) >= 11 is 1.79. The summed E-state index contributed by atoms with van der Waals surface area (Å²) in [5.74, 6) is 0. The molecule has 1 heterocycles. The molecule has 0 fully saturated rings. The predicted octanol–water partition coefficient (Wildman–Crippen LogP) is -0.207. The molecule has 0 unspecified atom stereocenters. The maximum absolute atomic E-state index is 4.09. The molecule has 0 saturated carbocycles. The number of rotatable bonds is 1. The average molecular weight is 144 g/mol. The summed E-state index contributed by atoms with van der Waals surface area (Å²) in [5, 5.41) is 1.12. The molecule has 0 aromatic carbocycles. The molecule has 8 heavy (non-hydrogen) atoms. The molecule has 0 spiro atoms. The highest BCUT2D eigenvalue weighted by Crippen LogP contribution is 2.07. The number of hydrogen-bond donors (Lipinski definition) is 0. The predicted molar refractivity (Wildman–Crippen MR) is 39.0 cm³/mol. The second kappa shape index (κ2) is 2.37. The van der Waals surface area contributed by atoms with E-state index in [2.05, 4.69) is 4.98 Å². The van der Waals surface area contributed by atoms with Crippen molar-refractivity contribution in [1.29, 1.82) is 0 Å². The highest BCUT2D eigenvalue weighted by Gasteiger charge is 1.90. The molecule has 4 heteroatoms. The van der Waals surface area contributed by atoms with Crippen molar-refractivity contribution in [2.45, 2.75) is 5.16 Å². The van der Waals surface area contributed by atoms with Gasteiger partial charge in [0.2, 0.25) is 0 Å². The normalized spacial score (nSPS) is 10.1. The van der Waals surface area contributed by atoms with Crippen LogP contribution in [0.15, 0.2) is 17.6 Å². The van der Waals surface area contributed by atoms with Crippen molar-refractivity contribution in [3.05, 3.63) is 12.4 Å². The fourth-order valence-electron chi connectivity index (χ4n) is 0.549. The molecule has 0 saturated heterocycles. The molecule has 0 bridgehead atoms. The van der Waals surface area contributed by atoms with Gasteiger partial charge in [-0.1, -0.05) is 0 Å². The summed E-state index contributed by atoms with van der Waals surface area (Å²) in [5.41, 5.74) is 0. The zero-order valence-corrected chi connectivity index (χ0v) is 7.77. The van der Waals surface area contributed by atoms with Crippen LogP contribution in [0.3, 0.4) is 0 Å². The van der Waals surface area contributed by atoms with Crippen LogP contribution in [-0.2, 0) is 7.05 Å². The van der Waals surface area contributed by atoms with Crippen LogP contribution in [0, 0.1) is 0 Å². The molecule has 0 atom stereocenters. The largest absolute Gasteiger partial charge is 0.330 e. The second-order valence-electron chi connectivity index (χ2n) is 1.52. The van der Waals surface area contributed by atoms with Gasteiger partial charge >= 0.3 is 0 Å². The summed E-state index contributed by atoms with van der Waals surface area (Å²) < 4.78 is 2.03. The topological polar surface area (TPSA) is 17.8 Å². The van der Waals surface area contributed by atoms with Crippen molar-refractivity contribution in [3.8, 4) is 0 Å². The summed E-state index contributed by atoms with van der Waals surface area (Å²) in [4.78, 5) is 4.09. The van der Waals surface area contributed by atoms with Crippen LogP contribution < -0.4 is 0 Å². The van der Waals surface area contributed by atoms with E-state index in [1.807, 2.05) is 24.0 Å². The number of aryl methyl sites for hydroxylation is 1. The number of aromatic nitrogens is 2. The fraction of sp³-hybridized carbons (Fsp3) is 0.250. The van der Waals surface area contributed by atoms with Gasteiger partial charge in [0.05, 0.1) is 9.39 Å². The fourth-order valence-corrected chi connectivity index (χ4v) is 2.24. The van der Waals surface area contributed by atoms with E-state index < -0.39 is 0 Å². The number of nitrogens with zero attached hydrogens (tertiary/aromatic N) is 2. The first kappa shape index (κ1) is 5.91. The lowest BCUT2D eigenvalue weighted by Crippen LogP contribution is -1.86.